The van der Waals surface area contributed by atoms with Crippen molar-refractivity contribution in [2.45, 2.75) is 78.2 Å². The van der Waals surface area contributed by atoms with Crippen molar-refractivity contribution in [2.75, 3.05) is 19.8 Å². The van der Waals surface area contributed by atoms with Crippen LogP contribution in [0.5, 0.6) is 0 Å². The first-order valence-corrected chi connectivity index (χ1v) is 8.53. The van der Waals surface area contributed by atoms with Crippen LogP contribution in [0.25, 0.3) is 0 Å². The fourth-order valence-corrected chi connectivity index (χ4v) is 3.04. The molecule has 0 aliphatic heterocycles. The lowest BCUT2D eigenvalue weighted by Gasteiger charge is -2.17. The van der Waals surface area contributed by atoms with Crippen LogP contribution in [0.1, 0.15) is 72.1 Å². The molecule has 0 radical (unpaired) electrons. The maximum Gasteiger partial charge on any atom is 0.0591 e. The molecule has 2 nitrogen and oxygen atoms in total. The van der Waals surface area contributed by atoms with Crippen molar-refractivity contribution in [1.82, 2.24) is 5.32 Å². The van der Waals surface area contributed by atoms with Crippen LogP contribution < -0.4 is 5.32 Å². The zero-order valence-corrected chi connectivity index (χ0v) is 13.4. The molecule has 0 spiro atoms. The highest BCUT2D eigenvalue weighted by atomic mass is 16.5. The van der Waals surface area contributed by atoms with Gasteiger partial charge in [-0.1, -0.05) is 46.5 Å². The van der Waals surface area contributed by atoms with Gasteiger partial charge in [-0.15, -0.1) is 0 Å². The zero-order valence-electron chi connectivity index (χ0n) is 13.4. The van der Waals surface area contributed by atoms with Crippen molar-refractivity contribution < 1.29 is 4.74 Å². The maximum atomic E-state index is 5.66. The molecular weight excluding hydrogens is 234 g/mol. The standard InChI is InChI=1S/C17H35NO/c1-4-6-16-7-5-8-17(10-9-16)18-12-14-19-13-11-15(2)3/h15-18H,4-14H2,1-3H3. The Hall–Kier alpha value is -0.0800. The molecule has 1 N–H and O–H groups in total. The molecule has 1 aliphatic carbocycles. The summed E-state index contributed by atoms with van der Waals surface area (Å²) in [5.74, 6) is 1.75. The molecule has 0 aromatic carbocycles. The van der Waals surface area contributed by atoms with Crippen molar-refractivity contribution >= 4 is 0 Å². The van der Waals surface area contributed by atoms with Gasteiger partial charge in [0.2, 0.25) is 0 Å². The summed E-state index contributed by atoms with van der Waals surface area (Å²) in [5, 5.41) is 3.69. The average molecular weight is 269 g/mol. The van der Waals surface area contributed by atoms with Crippen molar-refractivity contribution in [3.05, 3.63) is 0 Å². The third kappa shape index (κ3) is 8.65. The highest BCUT2D eigenvalue weighted by Gasteiger charge is 2.17. The molecule has 0 aromatic heterocycles. The predicted molar refractivity (Wildman–Crippen MR) is 83.5 cm³/mol. The lowest BCUT2D eigenvalue weighted by atomic mass is 9.95. The van der Waals surface area contributed by atoms with E-state index in [0.717, 1.165) is 37.6 Å². The molecule has 0 saturated heterocycles. The molecule has 1 aliphatic rings. The second-order valence-electron chi connectivity index (χ2n) is 6.61. The summed E-state index contributed by atoms with van der Waals surface area (Å²) in [6.45, 7) is 9.64. The Labute approximate surface area is 120 Å². The van der Waals surface area contributed by atoms with E-state index in [-0.39, 0.29) is 0 Å². The highest BCUT2D eigenvalue weighted by molar-refractivity contribution is 4.74. The topological polar surface area (TPSA) is 21.3 Å². The van der Waals surface area contributed by atoms with E-state index < -0.39 is 0 Å². The Morgan fingerprint density at radius 1 is 1.11 bits per heavy atom. The van der Waals surface area contributed by atoms with Crippen molar-refractivity contribution in [1.29, 1.82) is 0 Å². The minimum absolute atomic E-state index is 0.746. The lowest BCUT2D eigenvalue weighted by Crippen LogP contribution is -2.31. The summed E-state index contributed by atoms with van der Waals surface area (Å²) < 4.78 is 5.66. The number of rotatable bonds is 9. The quantitative estimate of drug-likeness (QED) is 0.495. The molecule has 2 heteroatoms. The van der Waals surface area contributed by atoms with E-state index in [1.165, 1.54) is 51.4 Å². The minimum atomic E-state index is 0.746. The second-order valence-corrected chi connectivity index (χ2v) is 6.61. The van der Waals surface area contributed by atoms with Gasteiger partial charge in [0.25, 0.3) is 0 Å². The van der Waals surface area contributed by atoms with Crippen LogP contribution in [-0.4, -0.2) is 25.8 Å². The van der Waals surface area contributed by atoms with Gasteiger partial charge in [-0.25, -0.2) is 0 Å². The fraction of sp³-hybridized carbons (Fsp3) is 1.00. The summed E-state index contributed by atoms with van der Waals surface area (Å²) in [7, 11) is 0. The SMILES string of the molecule is CCCC1CCCC(NCCOCCC(C)C)CC1. The van der Waals surface area contributed by atoms with Gasteiger partial charge in [0, 0.05) is 19.2 Å². The molecule has 0 amide bonds. The van der Waals surface area contributed by atoms with Gasteiger partial charge in [-0.3, -0.25) is 0 Å². The molecule has 2 unspecified atom stereocenters. The molecule has 1 rings (SSSR count). The number of hydrogen-bond acceptors (Lipinski definition) is 2. The van der Waals surface area contributed by atoms with Crippen molar-refractivity contribution in [3.8, 4) is 0 Å². The lowest BCUT2D eigenvalue weighted by molar-refractivity contribution is 0.123. The molecule has 19 heavy (non-hydrogen) atoms. The van der Waals surface area contributed by atoms with E-state index in [0.29, 0.717) is 0 Å². The van der Waals surface area contributed by atoms with Crippen molar-refractivity contribution in [2.24, 2.45) is 11.8 Å². The van der Waals surface area contributed by atoms with Gasteiger partial charge in [-0.05, 0) is 37.5 Å². The van der Waals surface area contributed by atoms with E-state index >= 15 is 0 Å². The molecule has 2 atom stereocenters. The van der Waals surface area contributed by atoms with Gasteiger partial charge in [0.15, 0.2) is 0 Å². The number of ether oxygens (including phenoxy) is 1. The summed E-state index contributed by atoms with van der Waals surface area (Å²) in [5.41, 5.74) is 0. The molecular formula is C17H35NO. The maximum absolute atomic E-state index is 5.66. The van der Waals surface area contributed by atoms with Crippen LogP contribution in [0.4, 0.5) is 0 Å². The highest BCUT2D eigenvalue weighted by Crippen LogP contribution is 2.26. The first kappa shape index (κ1) is 17.0. The van der Waals surface area contributed by atoms with E-state index in [1.807, 2.05) is 0 Å². The van der Waals surface area contributed by atoms with Gasteiger partial charge < -0.3 is 10.1 Å². The molecule has 0 bridgehead atoms. The van der Waals surface area contributed by atoms with E-state index in [9.17, 15) is 0 Å². The van der Waals surface area contributed by atoms with Crippen LogP contribution in [0, 0.1) is 11.8 Å². The number of nitrogens with one attached hydrogen (secondary N) is 1. The first-order valence-electron chi connectivity index (χ1n) is 8.53. The van der Waals surface area contributed by atoms with E-state index in [1.54, 1.807) is 0 Å². The fourth-order valence-electron chi connectivity index (χ4n) is 3.04. The summed E-state index contributed by atoms with van der Waals surface area (Å²) >= 11 is 0. The Balaban J connectivity index is 2.00. The smallest absolute Gasteiger partial charge is 0.0591 e. The molecule has 1 saturated carbocycles. The van der Waals surface area contributed by atoms with Crippen LogP contribution in [0.3, 0.4) is 0 Å². The minimum Gasteiger partial charge on any atom is -0.380 e. The van der Waals surface area contributed by atoms with Crippen LogP contribution >= 0.6 is 0 Å². The second kappa shape index (κ2) is 10.7. The normalized spacial score (nSPS) is 24.6. The Bertz CT molecular complexity index is 205. The van der Waals surface area contributed by atoms with Crippen molar-refractivity contribution in [3.63, 3.8) is 0 Å². The van der Waals surface area contributed by atoms with Crippen LogP contribution in [-0.2, 0) is 4.74 Å². The third-order valence-electron chi connectivity index (χ3n) is 4.30. The zero-order chi connectivity index (χ0) is 13.9. The summed E-state index contributed by atoms with van der Waals surface area (Å²) in [6, 6.07) is 0.746. The van der Waals surface area contributed by atoms with Gasteiger partial charge >= 0.3 is 0 Å². The Kier molecular flexibility index (Phi) is 9.54. The Morgan fingerprint density at radius 2 is 1.95 bits per heavy atom. The monoisotopic (exact) mass is 269 g/mol. The summed E-state index contributed by atoms with van der Waals surface area (Å²) in [4.78, 5) is 0. The van der Waals surface area contributed by atoms with Crippen LogP contribution in [0.15, 0.2) is 0 Å². The predicted octanol–water partition coefficient (Wildman–Crippen LogP) is 4.39. The van der Waals surface area contributed by atoms with Gasteiger partial charge in [0.1, 0.15) is 0 Å². The first-order chi connectivity index (χ1) is 9.22. The molecule has 114 valence electrons. The number of hydrogen-bond donors (Lipinski definition) is 1. The van der Waals surface area contributed by atoms with E-state index in [4.69, 9.17) is 4.74 Å². The van der Waals surface area contributed by atoms with E-state index in [2.05, 4.69) is 26.1 Å². The van der Waals surface area contributed by atoms with Gasteiger partial charge in [0.05, 0.1) is 6.61 Å². The Morgan fingerprint density at radius 3 is 2.68 bits per heavy atom. The summed E-state index contributed by atoms with van der Waals surface area (Å²) in [6.07, 6.45) is 11.0. The van der Waals surface area contributed by atoms with Gasteiger partial charge in [-0.2, -0.15) is 0 Å². The molecule has 1 fully saturated rings. The van der Waals surface area contributed by atoms with Crippen LogP contribution in [0.2, 0.25) is 0 Å². The molecule has 0 aromatic rings. The largest absolute Gasteiger partial charge is 0.380 e. The third-order valence-corrected chi connectivity index (χ3v) is 4.30. The average Bonchev–Trinajstić information content (AvgIpc) is 2.59. The molecule has 0 heterocycles.